The van der Waals surface area contributed by atoms with Crippen molar-refractivity contribution in [2.24, 2.45) is 0 Å². The third-order valence-corrected chi connectivity index (χ3v) is 5.58. The van der Waals surface area contributed by atoms with Crippen LogP contribution < -0.4 is 14.8 Å². The number of benzene rings is 3. The Labute approximate surface area is 199 Å². The smallest absolute Gasteiger partial charge is 0.255 e. The van der Waals surface area contributed by atoms with E-state index in [0.29, 0.717) is 46.4 Å². The number of hydrogen-bond acceptors (Lipinski definition) is 4. The first kappa shape index (κ1) is 24.1. The van der Waals surface area contributed by atoms with E-state index in [4.69, 9.17) is 21.1 Å². The van der Waals surface area contributed by atoms with Gasteiger partial charge in [-0.05, 0) is 62.4 Å². The average molecular weight is 467 g/mol. The molecule has 3 rings (SSSR count). The maximum atomic E-state index is 12.7. The molecule has 3 aromatic rings. The number of halogens is 1. The number of hydrogen-bond donors (Lipinski definition) is 1. The van der Waals surface area contributed by atoms with Crippen LogP contribution in [0.15, 0.2) is 66.7 Å². The third-order valence-electron chi connectivity index (χ3n) is 5.21. The van der Waals surface area contributed by atoms with Gasteiger partial charge in [-0.25, -0.2) is 0 Å². The van der Waals surface area contributed by atoms with Crippen molar-refractivity contribution in [3.63, 3.8) is 0 Å². The van der Waals surface area contributed by atoms with Gasteiger partial charge in [0.25, 0.3) is 11.8 Å². The summed E-state index contributed by atoms with van der Waals surface area (Å²) in [4.78, 5) is 26.9. The standard InChI is InChI=1S/C26H27ClN2O4/c1-4-29(5-2)26(31)18-10-13-21(14-11-18)28-25(30)19-12-15-23(24(16-19)32-3)33-17-20-8-6-7-9-22(20)27/h6-16H,4-5,17H2,1-3H3,(H,28,30). The maximum Gasteiger partial charge on any atom is 0.255 e. The Kier molecular flexibility index (Phi) is 8.33. The molecule has 0 aliphatic heterocycles. The van der Waals surface area contributed by atoms with E-state index in [2.05, 4.69) is 5.32 Å². The molecule has 0 saturated heterocycles. The van der Waals surface area contributed by atoms with Gasteiger partial charge in [0.05, 0.1) is 7.11 Å². The molecule has 2 amide bonds. The largest absolute Gasteiger partial charge is 0.493 e. The number of nitrogens with zero attached hydrogens (tertiary/aromatic N) is 1. The van der Waals surface area contributed by atoms with E-state index in [1.54, 1.807) is 53.4 Å². The average Bonchev–Trinajstić information content (AvgIpc) is 2.84. The van der Waals surface area contributed by atoms with Crippen molar-refractivity contribution in [3.8, 4) is 11.5 Å². The highest BCUT2D eigenvalue weighted by Crippen LogP contribution is 2.30. The number of nitrogens with one attached hydrogen (secondary N) is 1. The van der Waals surface area contributed by atoms with Crippen LogP contribution in [0.5, 0.6) is 11.5 Å². The topological polar surface area (TPSA) is 67.9 Å². The first-order chi connectivity index (χ1) is 16.0. The Balaban J connectivity index is 1.67. The maximum absolute atomic E-state index is 12.7. The van der Waals surface area contributed by atoms with E-state index in [1.165, 1.54) is 7.11 Å². The van der Waals surface area contributed by atoms with Gasteiger partial charge in [0.1, 0.15) is 6.61 Å². The van der Waals surface area contributed by atoms with Crippen molar-refractivity contribution in [2.75, 3.05) is 25.5 Å². The van der Waals surface area contributed by atoms with Crippen LogP contribution >= 0.6 is 11.6 Å². The van der Waals surface area contributed by atoms with Crippen LogP contribution in [-0.4, -0.2) is 36.9 Å². The van der Waals surface area contributed by atoms with E-state index in [-0.39, 0.29) is 18.4 Å². The number of methoxy groups -OCH3 is 1. The van der Waals surface area contributed by atoms with Crippen molar-refractivity contribution in [3.05, 3.63) is 88.4 Å². The number of carbonyl (C=O) groups excluding carboxylic acids is 2. The number of anilines is 1. The minimum Gasteiger partial charge on any atom is -0.493 e. The molecule has 0 unspecified atom stereocenters. The Morgan fingerprint density at radius 1 is 0.909 bits per heavy atom. The zero-order chi connectivity index (χ0) is 23.8. The highest BCUT2D eigenvalue weighted by molar-refractivity contribution is 6.31. The summed E-state index contributed by atoms with van der Waals surface area (Å²) in [6.07, 6.45) is 0. The van der Waals surface area contributed by atoms with Crippen molar-refractivity contribution in [1.29, 1.82) is 0 Å². The molecular formula is C26H27ClN2O4. The van der Waals surface area contributed by atoms with Crippen molar-refractivity contribution in [2.45, 2.75) is 20.5 Å². The molecule has 1 N–H and O–H groups in total. The Bertz CT molecular complexity index is 1110. The molecule has 172 valence electrons. The second kappa shape index (κ2) is 11.4. The van der Waals surface area contributed by atoms with E-state index in [0.717, 1.165) is 5.56 Å². The molecule has 7 heteroatoms. The van der Waals surface area contributed by atoms with Gasteiger partial charge in [0, 0.05) is 40.5 Å². The SMILES string of the molecule is CCN(CC)C(=O)c1ccc(NC(=O)c2ccc(OCc3ccccc3Cl)c(OC)c2)cc1. The second-order valence-electron chi connectivity index (χ2n) is 7.25. The number of carbonyl (C=O) groups is 2. The summed E-state index contributed by atoms with van der Waals surface area (Å²) in [5.74, 6) is 0.617. The fraction of sp³-hybridized carbons (Fsp3) is 0.231. The van der Waals surface area contributed by atoms with Crippen LogP contribution in [-0.2, 0) is 6.61 Å². The summed E-state index contributed by atoms with van der Waals surface area (Å²) in [5.41, 5.74) is 2.44. The number of rotatable bonds is 9. The van der Waals surface area contributed by atoms with E-state index < -0.39 is 0 Å². The predicted molar refractivity (Wildman–Crippen MR) is 130 cm³/mol. The molecule has 6 nitrogen and oxygen atoms in total. The van der Waals surface area contributed by atoms with Gasteiger partial charge >= 0.3 is 0 Å². The Hall–Kier alpha value is -3.51. The molecule has 0 spiro atoms. The summed E-state index contributed by atoms with van der Waals surface area (Å²) in [6, 6.07) is 19.3. The van der Waals surface area contributed by atoms with Gasteiger partial charge in [-0.15, -0.1) is 0 Å². The van der Waals surface area contributed by atoms with Crippen molar-refractivity contribution < 1.29 is 19.1 Å². The molecule has 0 atom stereocenters. The zero-order valence-electron chi connectivity index (χ0n) is 18.9. The fourth-order valence-electron chi connectivity index (χ4n) is 3.29. The first-order valence-corrected chi connectivity index (χ1v) is 11.1. The lowest BCUT2D eigenvalue weighted by molar-refractivity contribution is 0.0773. The second-order valence-corrected chi connectivity index (χ2v) is 7.66. The molecule has 0 aliphatic rings. The van der Waals surface area contributed by atoms with Crippen LogP contribution in [0.1, 0.15) is 40.1 Å². The third kappa shape index (κ3) is 6.05. The predicted octanol–water partition coefficient (Wildman–Crippen LogP) is 5.66. The van der Waals surface area contributed by atoms with Crippen LogP contribution in [0.4, 0.5) is 5.69 Å². The lowest BCUT2D eigenvalue weighted by Gasteiger charge is -2.18. The van der Waals surface area contributed by atoms with Crippen LogP contribution in [0, 0.1) is 0 Å². The highest BCUT2D eigenvalue weighted by atomic mass is 35.5. The summed E-state index contributed by atoms with van der Waals surface area (Å²) in [6.45, 7) is 5.45. The van der Waals surface area contributed by atoms with Crippen molar-refractivity contribution in [1.82, 2.24) is 4.90 Å². The molecule has 0 aliphatic carbocycles. The molecular weight excluding hydrogens is 440 g/mol. The summed E-state index contributed by atoms with van der Waals surface area (Å²) >= 11 is 6.18. The number of ether oxygens (including phenoxy) is 2. The number of amides is 2. The quantitative estimate of drug-likeness (QED) is 0.441. The van der Waals surface area contributed by atoms with Gasteiger partial charge in [-0.2, -0.15) is 0 Å². The molecule has 0 radical (unpaired) electrons. The minimum atomic E-state index is -0.297. The van der Waals surface area contributed by atoms with E-state index in [1.807, 2.05) is 32.0 Å². The fourth-order valence-corrected chi connectivity index (χ4v) is 3.48. The molecule has 0 heterocycles. The molecule has 0 bridgehead atoms. The molecule has 0 aromatic heterocycles. The van der Waals surface area contributed by atoms with Crippen LogP contribution in [0.2, 0.25) is 5.02 Å². The van der Waals surface area contributed by atoms with E-state index in [9.17, 15) is 9.59 Å². The summed E-state index contributed by atoms with van der Waals surface area (Å²) < 4.78 is 11.3. The Morgan fingerprint density at radius 2 is 1.58 bits per heavy atom. The van der Waals surface area contributed by atoms with Gasteiger partial charge in [-0.1, -0.05) is 29.8 Å². The van der Waals surface area contributed by atoms with Crippen molar-refractivity contribution >= 4 is 29.1 Å². The highest BCUT2D eigenvalue weighted by Gasteiger charge is 2.14. The lowest BCUT2D eigenvalue weighted by atomic mass is 10.1. The van der Waals surface area contributed by atoms with Gasteiger partial charge < -0.3 is 19.7 Å². The lowest BCUT2D eigenvalue weighted by Crippen LogP contribution is -2.30. The minimum absolute atomic E-state index is 0.0324. The monoisotopic (exact) mass is 466 g/mol. The van der Waals surface area contributed by atoms with Crippen LogP contribution in [0.25, 0.3) is 0 Å². The van der Waals surface area contributed by atoms with Gasteiger partial charge in [-0.3, -0.25) is 9.59 Å². The first-order valence-electron chi connectivity index (χ1n) is 10.7. The summed E-state index contributed by atoms with van der Waals surface area (Å²) in [7, 11) is 1.52. The Morgan fingerprint density at radius 3 is 2.21 bits per heavy atom. The molecule has 3 aromatic carbocycles. The summed E-state index contributed by atoms with van der Waals surface area (Å²) in [5, 5.41) is 3.46. The van der Waals surface area contributed by atoms with E-state index >= 15 is 0 Å². The van der Waals surface area contributed by atoms with Crippen LogP contribution in [0.3, 0.4) is 0 Å². The normalized spacial score (nSPS) is 10.4. The van der Waals surface area contributed by atoms with Gasteiger partial charge in [0.15, 0.2) is 11.5 Å². The molecule has 0 saturated carbocycles. The molecule has 33 heavy (non-hydrogen) atoms. The van der Waals surface area contributed by atoms with Gasteiger partial charge in [0.2, 0.25) is 0 Å². The molecule has 0 fully saturated rings. The zero-order valence-corrected chi connectivity index (χ0v) is 19.7.